The molecule has 0 aromatic carbocycles. The summed E-state index contributed by atoms with van der Waals surface area (Å²) in [6.45, 7) is 7.80. The quantitative estimate of drug-likeness (QED) is 0.174. The van der Waals surface area contributed by atoms with Crippen molar-refractivity contribution in [2.24, 2.45) is 0 Å². The Morgan fingerprint density at radius 1 is 0.542 bits per heavy atom. The van der Waals surface area contributed by atoms with Crippen LogP contribution in [-0.4, -0.2) is 19.4 Å². The summed E-state index contributed by atoms with van der Waals surface area (Å²) in [4.78, 5) is 0. The fourth-order valence-corrected chi connectivity index (χ4v) is 4.48. The lowest BCUT2D eigenvalue weighted by molar-refractivity contribution is 0.197. The standard InChI is InChI=1S/C20H43O3P/c1-4-7-10-13-14-17-20-24(21,22-18-15-11-8-5-2)23-19-16-12-9-6-3/h4-20H2,1-3H3. The van der Waals surface area contributed by atoms with Crippen molar-refractivity contribution in [1.82, 2.24) is 0 Å². The minimum Gasteiger partial charge on any atom is -0.309 e. The van der Waals surface area contributed by atoms with Crippen LogP contribution >= 0.6 is 7.60 Å². The molecule has 0 radical (unpaired) electrons. The Bertz CT molecular complexity index is 277. The third-order valence-corrected chi connectivity index (χ3v) is 6.37. The molecule has 0 rings (SSSR count). The molecule has 0 unspecified atom stereocenters. The van der Waals surface area contributed by atoms with Gasteiger partial charge in [-0.2, -0.15) is 0 Å². The van der Waals surface area contributed by atoms with E-state index < -0.39 is 7.60 Å². The van der Waals surface area contributed by atoms with E-state index in [9.17, 15) is 4.57 Å². The Hall–Kier alpha value is 0.150. The van der Waals surface area contributed by atoms with Crippen molar-refractivity contribution in [3.8, 4) is 0 Å². The Morgan fingerprint density at radius 2 is 0.917 bits per heavy atom. The van der Waals surface area contributed by atoms with Crippen LogP contribution in [0.25, 0.3) is 0 Å². The van der Waals surface area contributed by atoms with Crippen molar-refractivity contribution in [1.29, 1.82) is 0 Å². The summed E-state index contributed by atoms with van der Waals surface area (Å²) in [6.07, 6.45) is 17.0. The zero-order chi connectivity index (χ0) is 17.9. The molecule has 0 saturated carbocycles. The van der Waals surface area contributed by atoms with Crippen molar-refractivity contribution >= 4 is 7.60 Å². The molecule has 0 heterocycles. The van der Waals surface area contributed by atoms with Gasteiger partial charge in [0.25, 0.3) is 0 Å². The van der Waals surface area contributed by atoms with Gasteiger partial charge >= 0.3 is 7.60 Å². The molecule has 0 saturated heterocycles. The predicted molar refractivity (Wildman–Crippen MR) is 106 cm³/mol. The van der Waals surface area contributed by atoms with Gasteiger partial charge in [0.05, 0.1) is 19.4 Å². The van der Waals surface area contributed by atoms with E-state index in [1.54, 1.807) is 0 Å². The lowest BCUT2D eigenvalue weighted by atomic mass is 10.1. The first kappa shape index (κ1) is 24.1. The summed E-state index contributed by atoms with van der Waals surface area (Å²) >= 11 is 0. The van der Waals surface area contributed by atoms with Crippen LogP contribution in [0.5, 0.6) is 0 Å². The highest BCUT2D eigenvalue weighted by Crippen LogP contribution is 2.49. The maximum atomic E-state index is 12.9. The highest BCUT2D eigenvalue weighted by atomic mass is 31.2. The van der Waals surface area contributed by atoms with Gasteiger partial charge in [-0.25, -0.2) is 0 Å². The molecule has 0 N–H and O–H groups in total. The van der Waals surface area contributed by atoms with Crippen molar-refractivity contribution in [3.63, 3.8) is 0 Å². The molecule has 0 aliphatic rings. The van der Waals surface area contributed by atoms with E-state index in [-0.39, 0.29) is 0 Å². The van der Waals surface area contributed by atoms with Crippen molar-refractivity contribution in [2.75, 3.05) is 19.4 Å². The van der Waals surface area contributed by atoms with E-state index in [1.165, 1.54) is 51.4 Å². The average Bonchev–Trinajstić information content (AvgIpc) is 2.58. The van der Waals surface area contributed by atoms with Gasteiger partial charge in [0, 0.05) is 0 Å². The molecule has 24 heavy (non-hydrogen) atoms. The van der Waals surface area contributed by atoms with Gasteiger partial charge in [-0.3, -0.25) is 4.57 Å². The van der Waals surface area contributed by atoms with Crippen LogP contribution in [0.1, 0.15) is 111 Å². The molecular formula is C20H43O3P. The minimum absolute atomic E-state index is 0.585. The summed E-state index contributed by atoms with van der Waals surface area (Å²) in [5.41, 5.74) is 0. The lowest BCUT2D eigenvalue weighted by Crippen LogP contribution is -2.03. The van der Waals surface area contributed by atoms with Crippen LogP contribution < -0.4 is 0 Å². The number of unbranched alkanes of at least 4 members (excludes halogenated alkanes) is 11. The van der Waals surface area contributed by atoms with E-state index in [0.29, 0.717) is 19.4 Å². The highest BCUT2D eigenvalue weighted by Gasteiger charge is 2.23. The second-order valence-corrected chi connectivity index (χ2v) is 9.08. The minimum atomic E-state index is -2.87. The van der Waals surface area contributed by atoms with Crippen LogP contribution in [0, 0.1) is 0 Å². The second kappa shape index (κ2) is 18.0. The summed E-state index contributed by atoms with van der Waals surface area (Å²) in [7, 11) is -2.87. The molecule has 0 bridgehead atoms. The molecule has 4 heteroatoms. The second-order valence-electron chi connectivity index (χ2n) is 6.89. The van der Waals surface area contributed by atoms with Crippen LogP contribution in [-0.2, 0) is 13.6 Å². The maximum absolute atomic E-state index is 12.9. The maximum Gasteiger partial charge on any atom is 0.330 e. The smallest absolute Gasteiger partial charge is 0.309 e. The van der Waals surface area contributed by atoms with Gasteiger partial charge in [-0.1, -0.05) is 91.4 Å². The summed E-state index contributed by atoms with van der Waals surface area (Å²) < 4.78 is 24.4. The number of hydrogen-bond acceptors (Lipinski definition) is 3. The Morgan fingerprint density at radius 3 is 1.38 bits per heavy atom. The SMILES string of the molecule is CCCCCCCCP(=O)(OCCCCCC)OCCCCCC. The largest absolute Gasteiger partial charge is 0.330 e. The molecule has 146 valence electrons. The monoisotopic (exact) mass is 362 g/mol. The van der Waals surface area contributed by atoms with Crippen LogP contribution in [0.4, 0.5) is 0 Å². The molecule has 0 aromatic rings. The molecule has 0 atom stereocenters. The Labute approximate surface area is 151 Å². The van der Waals surface area contributed by atoms with Crippen LogP contribution in [0.15, 0.2) is 0 Å². The zero-order valence-electron chi connectivity index (χ0n) is 16.7. The predicted octanol–water partition coefficient (Wildman–Crippen LogP) is 7.73. The number of rotatable bonds is 19. The first-order valence-electron chi connectivity index (χ1n) is 10.6. The van der Waals surface area contributed by atoms with Gasteiger partial charge in [0.15, 0.2) is 0 Å². The summed E-state index contributed by atoms with van der Waals surface area (Å²) in [6, 6.07) is 0. The highest BCUT2D eigenvalue weighted by molar-refractivity contribution is 7.53. The van der Waals surface area contributed by atoms with Gasteiger partial charge in [-0.15, -0.1) is 0 Å². The lowest BCUT2D eigenvalue weighted by Gasteiger charge is -2.19. The third kappa shape index (κ3) is 15.7. The van der Waals surface area contributed by atoms with Crippen molar-refractivity contribution in [2.45, 2.75) is 111 Å². The molecular weight excluding hydrogens is 319 g/mol. The molecule has 0 aromatic heterocycles. The van der Waals surface area contributed by atoms with Gasteiger partial charge in [-0.05, 0) is 19.3 Å². The topological polar surface area (TPSA) is 35.5 Å². The molecule has 0 aliphatic heterocycles. The fourth-order valence-electron chi connectivity index (χ4n) is 2.72. The van der Waals surface area contributed by atoms with E-state index in [2.05, 4.69) is 20.8 Å². The fraction of sp³-hybridized carbons (Fsp3) is 1.00. The third-order valence-electron chi connectivity index (χ3n) is 4.36. The van der Waals surface area contributed by atoms with Crippen LogP contribution in [0.3, 0.4) is 0 Å². The first-order valence-corrected chi connectivity index (χ1v) is 12.3. The summed E-state index contributed by atoms with van der Waals surface area (Å²) in [5.74, 6) is 0. The van der Waals surface area contributed by atoms with E-state index in [0.717, 1.165) is 38.5 Å². The average molecular weight is 363 g/mol. The first-order chi connectivity index (χ1) is 11.7. The Balaban J connectivity index is 4.03. The van der Waals surface area contributed by atoms with Gasteiger partial charge < -0.3 is 9.05 Å². The molecule has 0 fully saturated rings. The molecule has 3 nitrogen and oxygen atoms in total. The van der Waals surface area contributed by atoms with Crippen LogP contribution in [0.2, 0.25) is 0 Å². The van der Waals surface area contributed by atoms with Crippen molar-refractivity contribution in [3.05, 3.63) is 0 Å². The van der Waals surface area contributed by atoms with Gasteiger partial charge in [0.2, 0.25) is 0 Å². The summed E-state index contributed by atoms with van der Waals surface area (Å²) in [5, 5.41) is 0. The molecule has 0 aliphatic carbocycles. The normalized spacial score (nSPS) is 12.0. The Kier molecular flexibility index (Phi) is 18.1. The van der Waals surface area contributed by atoms with Crippen molar-refractivity contribution < 1.29 is 13.6 Å². The number of hydrogen-bond donors (Lipinski definition) is 0. The van der Waals surface area contributed by atoms with E-state index in [1.807, 2.05) is 0 Å². The van der Waals surface area contributed by atoms with Gasteiger partial charge in [0.1, 0.15) is 0 Å². The zero-order valence-corrected chi connectivity index (χ0v) is 17.6. The van der Waals surface area contributed by atoms with E-state index >= 15 is 0 Å². The molecule has 0 spiro atoms. The van der Waals surface area contributed by atoms with E-state index in [4.69, 9.17) is 9.05 Å². The molecule has 0 amide bonds.